The SMILES string of the molecule is Cc1cn2cc(NC(=O)c3ccc(N4C[C@@H](C)N(C)[C@@H](C)C4)c4nccnc34)cc(F)c2n1. The van der Waals surface area contributed by atoms with Crippen molar-refractivity contribution >= 4 is 34.0 Å². The summed E-state index contributed by atoms with van der Waals surface area (Å²) < 4.78 is 16.0. The van der Waals surface area contributed by atoms with Crippen molar-refractivity contribution in [1.82, 2.24) is 24.3 Å². The van der Waals surface area contributed by atoms with Crippen LogP contribution >= 0.6 is 0 Å². The normalized spacial score (nSPS) is 19.4. The van der Waals surface area contributed by atoms with Crippen LogP contribution in [0.25, 0.3) is 16.7 Å². The molecule has 3 aromatic heterocycles. The number of hydrogen-bond acceptors (Lipinski definition) is 6. The summed E-state index contributed by atoms with van der Waals surface area (Å²) in [6.45, 7) is 7.92. The van der Waals surface area contributed by atoms with Crippen molar-refractivity contribution in [2.24, 2.45) is 0 Å². The van der Waals surface area contributed by atoms with Gasteiger partial charge in [0.05, 0.1) is 22.6 Å². The summed E-state index contributed by atoms with van der Waals surface area (Å²) in [6.07, 6.45) is 6.58. The fourth-order valence-electron chi connectivity index (χ4n) is 4.53. The molecule has 1 fully saturated rings. The van der Waals surface area contributed by atoms with Crippen molar-refractivity contribution in [2.75, 3.05) is 30.4 Å². The lowest BCUT2D eigenvalue weighted by atomic mass is 10.1. The lowest BCUT2D eigenvalue weighted by molar-refractivity contribution is 0.102. The number of likely N-dealkylation sites (N-methyl/N-ethyl adjacent to an activating group) is 1. The van der Waals surface area contributed by atoms with E-state index < -0.39 is 5.82 Å². The van der Waals surface area contributed by atoms with Crippen LogP contribution in [0.3, 0.4) is 0 Å². The largest absolute Gasteiger partial charge is 0.367 e. The Bertz CT molecular complexity index is 1360. The number of halogens is 1. The summed E-state index contributed by atoms with van der Waals surface area (Å²) in [5.41, 5.74) is 3.81. The van der Waals surface area contributed by atoms with E-state index in [9.17, 15) is 9.18 Å². The number of fused-ring (bicyclic) bond motifs is 2. The molecule has 0 bridgehead atoms. The maximum Gasteiger partial charge on any atom is 0.257 e. The third-order valence-electron chi connectivity index (χ3n) is 6.43. The number of aromatic nitrogens is 4. The quantitative estimate of drug-likeness (QED) is 0.518. The molecule has 1 aliphatic rings. The Hall–Kier alpha value is -3.59. The van der Waals surface area contributed by atoms with Crippen molar-refractivity contribution in [3.8, 4) is 0 Å². The van der Waals surface area contributed by atoms with Crippen LogP contribution in [0, 0.1) is 12.7 Å². The number of carbonyl (C=O) groups excluding carboxylic acids is 1. The van der Waals surface area contributed by atoms with Crippen molar-refractivity contribution in [2.45, 2.75) is 32.9 Å². The Morgan fingerprint density at radius 2 is 1.79 bits per heavy atom. The molecule has 1 aliphatic heterocycles. The summed E-state index contributed by atoms with van der Waals surface area (Å²) >= 11 is 0. The van der Waals surface area contributed by atoms with E-state index in [0.717, 1.165) is 18.8 Å². The van der Waals surface area contributed by atoms with Gasteiger partial charge in [-0.05, 0) is 40.0 Å². The Morgan fingerprint density at radius 3 is 2.52 bits per heavy atom. The standard InChI is InChI=1S/C24H26FN7O/c1-14-10-32-13-17(9-19(25)23(32)28-14)29-24(33)18-5-6-20(22-21(18)26-7-8-27-22)31-11-15(2)30(4)16(3)12-31/h5-10,13,15-16H,11-12H2,1-4H3,(H,29,33)/t15-,16+. The summed E-state index contributed by atoms with van der Waals surface area (Å²) in [5.74, 6) is -0.873. The van der Waals surface area contributed by atoms with E-state index >= 15 is 0 Å². The number of carbonyl (C=O) groups is 1. The number of aryl methyl sites for hydroxylation is 1. The van der Waals surface area contributed by atoms with Gasteiger partial charge in [0.1, 0.15) is 11.0 Å². The van der Waals surface area contributed by atoms with E-state index in [1.165, 1.54) is 6.07 Å². The second-order valence-electron chi connectivity index (χ2n) is 8.80. The molecule has 1 amide bonds. The van der Waals surface area contributed by atoms with Crippen molar-refractivity contribution in [3.63, 3.8) is 0 Å². The number of rotatable bonds is 3. The Morgan fingerprint density at radius 1 is 1.09 bits per heavy atom. The number of amides is 1. The highest BCUT2D eigenvalue weighted by Crippen LogP contribution is 2.30. The molecule has 170 valence electrons. The van der Waals surface area contributed by atoms with E-state index in [-0.39, 0.29) is 11.6 Å². The van der Waals surface area contributed by atoms with E-state index in [2.05, 4.69) is 51.0 Å². The topological polar surface area (TPSA) is 78.7 Å². The lowest BCUT2D eigenvalue weighted by Gasteiger charge is -2.43. The summed E-state index contributed by atoms with van der Waals surface area (Å²) in [4.78, 5) is 31.0. The second-order valence-corrected chi connectivity index (χ2v) is 8.80. The monoisotopic (exact) mass is 447 g/mol. The molecule has 0 radical (unpaired) electrons. The molecule has 5 rings (SSSR count). The summed E-state index contributed by atoms with van der Waals surface area (Å²) in [6, 6.07) is 5.75. The summed E-state index contributed by atoms with van der Waals surface area (Å²) in [5, 5.41) is 2.80. The first-order valence-corrected chi connectivity index (χ1v) is 11.0. The maximum absolute atomic E-state index is 14.4. The average Bonchev–Trinajstić information content (AvgIpc) is 3.17. The third kappa shape index (κ3) is 3.78. The minimum Gasteiger partial charge on any atom is -0.367 e. The molecule has 0 unspecified atom stereocenters. The second kappa shape index (κ2) is 8.08. The first-order valence-electron chi connectivity index (χ1n) is 11.0. The molecule has 1 saturated heterocycles. The molecule has 9 heteroatoms. The van der Waals surface area contributed by atoms with Crippen LogP contribution in [0.1, 0.15) is 29.9 Å². The van der Waals surface area contributed by atoms with Gasteiger partial charge < -0.3 is 14.6 Å². The number of nitrogens with one attached hydrogen (secondary N) is 1. The number of anilines is 2. The fourth-order valence-corrected chi connectivity index (χ4v) is 4.53. The van der Waals surface area contributed by atoms with Crippen LogP contribution in [0.4, 0.5) is 15.8 Å². The Kier molecular flexibility index (Phi) is 5.20. The molecular weight excluding hydrogens is 421 g/mol. The fraction of sp³-hybridized carbons (Fsp3) is 0.333. The molecule has 4 heterocycles. The van der Waals surface area contributed by atoms with Gasteiger partial charge in [-0.25, -0.2) is 9.37 Å². The van der Waals surface area contributed by atoms with Crippen LogP contribution in [-0.4, -0.2) is 62.4 Å². The molecule has 0 spiro atoms. The Balaban J connectivity index is 1.49. The van der Waals surface area contributed by atoms with Crippen molar-refractivity contribution in [3.05, 3.63) is 60.1 Å². The van der Waals surface area contributed by atoms with Gasteiger partial charge in [0.15, 0.2) is 11.5 Å². The number of hydrogen-bond donors (Lipinski definition) is 1. The third-order valence-corrected chi connectivity index (χ3v) is 6.43. The minimum absolute atomic E-state index is 0.224. The molecule has 2 atom stereocenters. The highest BCUT2D eigenvalue weighted by atomic mass is 19.1. The predicted molar refractivity (Wildman–Crippen MR) is 126 cm³/mol. The van der Waals surface area contributed by atoms with E-state index in [1.54, 1.807) is 42.2 Å². The van der Waals surface area contributed by atoms with Crippen molar-refractivity contribution in [1.29, 1.82) is 0 Å². The number of benzene rings is 1. The maximum atomic E-state index is 14.4. The van der Waals surface area contributed by atoms with Crippen molar-refractivity contribution < 1.29 is 9.18 Å². The molecule has 1 aromatic carbocycles. The first kappa shape index (κ1) is 21.3. The molecular formula is C24H26FN7O. The van der Waals surface area contributed by atoms with Gasteiger partial charge in [-0.2, -0.15) is 0 Å². The zero-order valence-electron chi connectivity index (χ0n) is 19.1. The average molecular weight is 448 g/mol. The van der Waals surface area contributed by atoms with Crippen LogP contribution < -0.4 is 10.2 Å². The smallest absolute Gasteiger partial charge is 0.257 e. The van der Waals surface area contributed by atoms with Crippen LogP contribution in [0.5, 0.6) is 0 Å². The summed E-state index contributed by atoms with van der Waals surface area (Å²) in [7, 11) is 2.14. The predicted octanol–water partition coefficient (Wildman–Crippen LogP) is 3.51. The number of imidazole rings is 1. The molecule has 33 heavy (non-hydrogen) atoms. The molecule has 4 aromatic rings. The van der Waals surface area contributed by atoms with Gasteiger partial charge >= 0.3 is 0 Å². The lowest BCUT2D eigenvalue weighted by Crippen LogP contribution is -2.55. The minimum atomic E-state index is -0.501. The highest BCUT2D eigenvalue weighted by molar-refractivity contribution is 6.13. The zero-order chi connectivity index (χ0) is 23.3. The van der Waals surface area contributed by atoms with Gasteiger partial charge in [-0.15, -0.1) is 0 Å². The number of nitrogens with zero attached hydrogens (tertiary/aromatic N) is 6. The number of pyridine rings is 1. The molecule has 0 aliphatic carbocycles. The van der Waals surface area contributed by atoms with Gasteiger partial charge in [0.25, 0.3) is 5.91 Å². The van der Waals surface area contributed by atoms with Crippen LogP contribution in [0.15, 0.2) is 43.0 Å². The molecule has 8 nitrogen and oxygen atoms in total. The highest BCUT2D eigenvalue weighted by Gasteiger charge is 2.28. The van der Waals surface area contributed by atoms with E-state index in [4.69, 9.17) is 0 Å². The van der Waals surface area contributed by atoms with Gasteiger partial charge in [-0.3, -0.25) is 19.7 Å². The van der Waals surface area contributed by atoms with Gasteiger partial charge in [-0.1, -0.05) is 0 Å². The van der Waals surface area contributed by atoms with Crippen LogP contribution in [0.2, 0.25) is 0 Å². The van der Waals surface area contributed by atoms with E-state index in [0.29, 0.717) is 40.1 Å². The van der Waals surface area contributed by atoms with Gasteiger partial charge in [0.2, 0.25) is 0 Å². The molecule has 0 saturated carbocycles. The zero-order valence-corrected chi connectivity index (χ0v) is 19.1. The van der Waals surface area contributed by atoms with Gasteiger partial charge in [0, 0.05) is 56.0 Å². The van der Waals surface area contributed by atoms with E-state index in [1.807, 2.05) is 6.07 Å². The Labute approximate surface area is 191 Å². The first-order chi connectivity index (χ1) is 15.8. The number of piperazine rings is 1. The van der Waals surface area contributed by atoms with Crippen LogP contribution in [-0.2, 0) is 0 Å². The molecule has 1 N–H and O–H groups in total.